The minimum atomic E-state index is -0.355. The van der Waals surface area contributed by atoms with Crippen LogP contribution in [-0.2, 0) is 9.47 Å². The Morgan fingerprint density at radius 2 is 2.15 bits per heavy atom. The van der Waals surface area contributed by atoms with Gasteiger partial charge in [0.25, 0.3) is 0 Å². The van der Waals surface area contributed by atoms with Gasteiger partial charge in [0.15, 0.2) is 0 Å². The van der Waals surface area contributed by atoms with E-state index < -0.39 is 0 Å². The average molecular weight is 190 g/mol. The van der Waals surface area contributed by atoms with E-state index in [1.54, 1.807) is 0 Å². The van der Waals surface area contributed by atoms with E-state index in [-0.39, 0.29) is 25.9 Å². The SMILES string of the molecule is C=C(C)COCC(CO)OCCO. The van der Waals surface area contributed by atoms with E-state index >= 15 is 0 Å². The maximum atomic E-state index is 8.81. The van der Waals surface area contributed by atoms with Crippen LogP contribution < -0.4 is 0 Å². The molecule has 0 saturated carbocycles. The number of aliphatic hydroxyl groups excluding tert-OH is 2. The molecule has 0 saturated heterocycles. The molecule has 0 aromatic heterocycles. The van der Waals surface area contributed by atoms with Crippen LogP contribution in [0.25, 0.3) is 0 Å². The first-order valence-electron chi connectivity index (χ1n) is 4.26. The molecule has 0 rings (SSSR count). The molecular weight excluding hydrogens is 172 g/mol. The van der Waals surface area contributed by atoms with Crippen LogP contribution >= 0.6 is 0 Å². The lowest BCUT2D eigenvalue weighted by Crippen LogP contribution is -2.25. The largest absolute Gasteiger partial charge is 0.394 e. The summed E-state index contributed by atoms with van der Waals surface area (Å²) in [4.78, 5) is 0. The van der Waals surface area contributed by atoms with Crippen molar-refractivity contribution in [1.82, 2.24) is 0 Å². The Morgan fingerprint density at radius 1 is 1.46 bits per heavy atom. The molecule has 0 aliphatic carbocycles. The summed E-state index contributed by atoms with van der Waals surface area (Å²) >= 11 is 0. The monoisotopic (exact) mass is 190 g/mol. The zero-order valence-electron chi connectivity index (χ0n) is 8.03. The molecule has 1 unspecified atom stereocenters. The van der Waals surface area contributed by atoms with E-state index in [1.807, 2.05) is 6.92 Å². The van der Waals surface area contributed by atoms with Crippen molar-refractivity contribution in [2.24, 2.45) is 0 Å². The smallest absolute Gasteiger partial charge is 0.104 e. The first-order chi connectivity index (χ1) is 6.20. The van der Waals surface area contributed by atoms with Gasteiger partial charge in [-0.1, -0.05) is 12.2 Å². The minimum absolute atomic E-state index is 0.0447. The van der Waals surface area contributed by atoms with Crippen molar-refractivity contribution in [3.8, 4) is 0 Å². The zero-order chi connectivity index (χ0) is 10.1. The Morgan fingerprint density at radius 3 is 2.62 bits per heavy atom. The third-order valence-corrected chi connectivity index (χ3v) is 1.30. The first-order valence-corrected chi connectivity index (χ1v) is 4.26. The molecular formula is C9H18O4. The van der Waals surface area contributed by atoms with E-state index in [0.29, 0.717) is 13.2 Å². The van der Waals surface area contributed by atoms with Gasteiger partial charge in [-0.15, -0.1) is 0 Å². The fourth-order valence-electron chi connectivity index (χ4n) is 0.737. The number of hydrogen-bond donors (Lipinski definition) is 2. The molecule has 78 valence electrons. The summed E-state index contributed by atoms with van der Waals surface area (Å²) in [6.45, 7) is 6.41. The second-order valence-electron chi connectivity index (χ2n) is 2.87. The molecule has 0 radical (unpaired) electrons. The van der Waals surface area contributed by atoms with Crippen LogP contribution in [0.15, 0.2) is 12.2 Å². The van der Waals surface area contributed by atoms with Gasteiger partial charge in [0, 0.05) is 0 Å². The molecule has 0 heterocycles. The highest BCUT2D eigenvalue weighted by molar-refractivity contribution is 4.87. The fourth-order valence-corrected chi connectivity index (χ4v) is 0.737. The fraction of sp³-hybridized carbons (Fsp3) is 0.778. The van der Waals surface area contributed by atoms with Crippen molar-refractivity contribution in [3.63, 3.8) is 0 Å². The summed E-state index contributed by atoms with van der Waals surface area (Å²) in [7, 11) is 0. The van der Waals surface area contributed by atoms with Crippen LogP contribution in [0.4, 0.5) is 0 Å². The van der Waals surface area contributed by atoms with Crippen molar-refractivity contribution >= 4 is 0 Å². The van der Waals surface area contributed by atoms with Gasteiger partial charge in [0.1, 0.15) is 6.10 Å². The van der Waals surface area contributed by atoms with Crippen molar-refractivity contribution in [1.29, 1.82) is 0 Å². The lowest BCUT2D eigenvalue weighted by Gasteiger charge is -2.14. The first kappa shape index (κ1) is 12.6. The Labute approximate surface area is 78.8 Å². The summed E-state index contributed by atoms with van der Waals surface area (Å²) in [5.41, 5.74) is 0.929. The van der Waals surface area contributed by atoms with E-state index in [1.165, 1.54) is 0 Å². The predicted octanol–water partition coefficient (Wildman–Crippen LogP) is -0.0511. The van der Waals surface area contributed by atoms with E-state index in [2.05, 4.69) is 6.58 Å². The number of hydrogen-bond acceptors (Lipinski definition) is 4. The van der Waals surface area contributed by atoms with Crippen molar-refractivity contribution in [2.45, 2.75) is 13.0 Å². The molecule has 0 spiro atoms. The topological polar surface area (TPSA) is 58.9 Å². The highest BCUT2D eigenvalue weighted by Gasteiger charge is 2.06. The summed E-state index contributed by atoms with van der Waals surface area (Å²) in [5, 5.41) is 17.3. The second kappa shape index (κ2) is 8.19. The molecule has 0 bridgehead atoms. The molecule has 4 nitrogen and oxygen atoms in total. The molecule has 0 aliphatic rings. The van der Waals surface area contributed by atoms with Gasteiger partial charge in [0.2, 0.25) is 0 Å². The van der Waals surface area contributed by atoms with Crippen LogP contribution in [0, 0.1) is 0 Å². The van der Waals surface area contributed by atoms with Crippen molar-refractivity contribution in [2.75, 3.05) is 33.0 Å². The predicted molar refractivity (Wildman–Crippen MR) is 49.5 cm³/mol. The van der Waals surface area contributed by atoms with Crippen LogP contribution in [0.5, 0.6) is 0 Å². The maximum absolute atomic E-state index is 8.81. The van der Waals surface area contributed by atoms with Gasteiger partial charge in [-0.05, 0) is 6.92 Å². The summed E-state index contributed by atoms with van der Waals surface area (Å²) in [6, 6.07) is 0. The molecule has 1 atom stereocenters. The minimum Gasteiger partial charge on any atom is -0.394 e. The zero-order valence-corrected chi connectivity index (χ0v) is 8.03. The third kappa shape index (κ3) is 7.93. The van der Waals surface area contributed by atoms with Gasteiger partial charge < -0.3 is 19.7 Å². The van der Waals surface area contributed by atoms with Crippen LogP contribution in [-0.4, -0.2) is 49.4 Å². The molecule has 0 amide bonds. The quantitative estimate of drug-likeness (QED) is 0.527. The van der Waals surface area contributed by atoms with Gasteiger partial charge in [-0.2, -0.15) is 0 Å². The number of aliphatic hydroxyl groups is 2. The van der Waals surface area contributed by atoms with Gasteiger partial charge >= 0.3 is 0 Å². The molecule has 4 heteroatoms. The normalized spacial score (nSPS) is 12.8. The molecule has 2 N–H and O–H groups in total. The maximum Gasteiger partial charge on any atom is 0.104 e. The Kier molecular flexibility index (Phi) is 7.93. The molecule has 0 aliphatic heterocycles. The van der Waals surface area contributed by atoms with Crippen molar-refractivity contribution in [3.05, 3.63) is 12.2 Å². The Balaban J connectivity index is 3.41. The molecule has 0 fully saturated rings. The lowest BCUT2D eigenvalue weighted by molar-refractivity contribution is -0.0474. The van der Waals surface area contributed by atoms with E-state index in [4.69, 9.17) is 19.7 Å². The van der Waals surface area contributed by atoms with Crippen molar-refractivity contribution < 1.29 is 19.7 Å². The van der Waals surface area contributed by atoms with Crippen LogP contribution in [0.3, 0.4) is 0 Å². The Bertz CT molecular complexity index is 136. The molecule has 13 heavy (non-hydrogen) atoms. The van der Waals surface area contributed by atoms with Crippen LogP contribution in [0.1, 0.15) is 6.92 Å². The van der Waals surface area contributed by atoms with E-state index in [0.717, 1.165) is 5.57 Å². The summed E-state index contributed by atoms with van der Waals surface area (Å²) in [6.07, 6.45) is -0.355. The number of ether oxygens (including phenoxy) is 2. The molecule has 0 aromatic rings. The highest BCUT2D eigenvalue weighted by atomic mass is 16.5. The van der Waals surface area contributed by atoms with Gasteiger partial charge in [0.05, 0.1) is 33.0 Å². The third-order valence-electron chi connectivity index (χ3n) is 1.30. The van der Waals surface area contributed by atoms with Crippen LogP contribution in [0.2, 0.25) is 0 Å². The Hall–Kier alpha value is -0.420. The summed E-state index contributed by atoms with van der Waals surface area (Å²) < 4.78 is 10.2. The second-order valence-corrected chi connectivity index (χ2v) is 2.87. The van der Waals surface area contributed by atoms with Gasteiger partial charge in [-0.25, -0.2) is 0 Å². The van der Waals surface area contributed by atoms with E-state index in [9.17, 15) is 0 Å². The summed E-state index contributed by atoms with van der Waals surface area (Å²) in [5.74, 6) is 0. The lowest BCUT2D eigenvalue weighted by atomic mass is 10.4. The molecule has 0 aromatic carbocycles. The highest BCUT2D eigenvalue weighted by Crippen LogP contribution is 1.95. The average Bonchev–Trinajstić information content (AvgIpc) is 2.10. The van der Waals surface area contributed by atoms with Gasteiger partial charge in [-0.3, -0.25) is 0 Å². The number of rotatable bonds is 8. The standard InChI is InChI=1S/C9H18O4/c1-8(2)6-12-7-9(5-11)13-4-3-10/h9-11H,1,3-7H2,2H3.